The van der Waals surface area contributed by atoms with Gasteiger partial charge >= 0.3 is 0 Å². The van der Waals surface area contributed by atoms with Gasteiger partial charge in [-0.3, -0.25) is 9.59 Å². The van der Waals surface area contributed by atoms with E-state index in [0.29, 0.717) is 29.8 Å². The summed E-state index contributed by atoms with van der Waals surface area (Å²) in [5.41, 5.74) is 1.68. The monoisotopic (exact) mass is 312 g/mol. The minimum atomic E-state index is -0.470. The number of aliphatic hydroxyl groups is 1. The number of H-pyrrole nitrogens is 1. The van der Waals surface area contributed by atoms with E-state index in [2.05, 4.69) is 4.98 Å². The molecule has 1 aromatic heterocycles. The molecule has 1 amide bonds. The van der Waals surface area contributed by atoms with Crippen LogP contribution in [0.3, 0.4) is 0 Å². The van der Waals surface area contributed by atoms with Gasteiger partial charge in [-0.15, -0.1) is 0 Å². The normalized spacial score (nSPS) is 21.2. The van der Waals surface area contributed by atoms with Gasteiger partial charge in [0.1, 0.15) is 0 Å². The lowest BCUT2D eigenvalue weighted by molar-refractivity contribution is 0.0248. The fourth-order valence-electron chi connectivity index (χ4n) is 2.81. The third-order valence-corrected chi connectivity index (χ3v) is 4.46. The highest BCUT2D eigenvalue weighted by molar-refractivity contribution is 6.09. The number of rotatable bonds is 3. The van der Waals surface area contributed by atoms with Crippen LogP contribution >= 0.6 is 0 Å². The van der Waals surface area contributed by atoms with Crippen LogP contribution in [0, 0.1) is 5.92 Å². The molecule has 0 saturated carbocycles. The van der Waals surface area contributed by atoms with Gasteiger partial charge < -0.3 is 15.0 Å². The Morgan fingerprint density at radius 1 is 1.13 bits per heavy atom. The smallest absolute Gasteiger partial charge is 0.253 e. The van der Waals surface area contributed by atoms with Crippen LogP contribution in [0.1, 0.15) is 39.6 Å². The van der Waals surface area contributed by atoms with Crippen LogP contribution in [0.4, 0.5) is 0 Å². The van der Waals surface area contributed by atoms with E-state index in [9.17, 15) is 14.7 Å². The van der Waals surface area contributed by atoms with Crippen LogP contribution in [0.25, 0.3) is 0 Å². The molecule has 2 N–H and O–H groups in total. The van der Waals surface area contributed by atoms with Crippen molar-refractivity contribution < 1.29 is 14.7 Å². The Morgan fingerprint density at radius 3 is 2.43 bits per heavy atom. The summed E-state index contributed by atoms with van der Waals surface area (Å²) >= 11 is 0. The van der Waals surface area contributed by atoms with Gasteiger partial charge in [0.25, 0.3) is 5.91 Å². The van der Waals surface area contributed by atoms with Crippen LogP contribution < -0.4 is 0 Å². The van der Waals surface area contributed by atoms with Gasteiger partial charge in [-0.05, 0) is 30.5 Å². The predicted octanol–water partition coefficient (Wildman–Crippen LogP) is 2.09. The van der Waals surface area contributed by atoms with Gasteiger partial charge in [-0.25, -0.2) is 0 Å². The van der Waals surface area contributed by atoms with Crippen molar-refractivity contribution in [1.29, 1.82) is 0 Å². The van der Waals surface area contributed by atoms with E-state index in [1.165, 1.54) is 0 Å². The maximum absolute atomic E-state index is 12.5. The number of carbonyl (C=O) groups excluding carboxylic acids is 2. The van der Waals surface area contributed by atoms with Crippen molar-refractivity contribution in [3.05, 3.63) is 59.4 Å². The first-order valence-electron chi connectivity index (χ1n) is 7.81. The molecule has 2 heterocycles. The van der Waals surface area contributed by atoms with Crippen LogP contribution in [-0.2, 0) is 0 Å². The first-order valence-corrected chi connectivity index (χ1v) is 7.81. The van der Waals surface area contributed by atoms with E-state index in [-0.39, 0.29) is 17.6 Å². The Morgan fingerprint density at radius 2 is 1.83 bits per heavy atom. The van der Waals surface area contributed by atoms with E-state index >= 15 is 0 Å². The maximum atomic E-state index is 12.5. The molecule has 2 unspecified atom stereocenters. The SMILES string of the molecule is CC1CCN(C(=O)c2ccc(C(=O)c3cc[nH]c3)cc2)CC1O. The molecule has 0 spiro atoms. The minimum Gasteiger partial charge on any atom is -0.391 e. The van der Waals surface area contributed by atoms with Crippen molar-refractivity contribution >= 4 is 11.7 Å². The van der Waals surface area contributed by atoms with E-state index in [1.54, 1.807) is 47.6 Å². The van der Waals surface area contributed by atoms with Crippen LogP contribution in [0.2, 0.25) is 0 Å². The number of likely N-dealkylation sites (tertiary alicyclic amines) is 1. The summed E-state index contributed by atoms with van der Waals surface area (Å²) in [7, 11) is 0. The van der Waals surface area contributed by atoms with Crippen LogP contribution in [-0.4, -0.2) is 45.9 Å². The standard InChI is InChI=1S/C18H20N2O3/c1-12-7-9-20(11-16(12)21)18(23)14-4-2-13(3-5-14)17(22)15-6-8-19-10-15/h2-6,8,10,12,16,19,21H,7,9,11H2,1H3. The molecule has 0 radical (unpaired) electrons. The molecule has 5 heteroatoms. The fourth-order valence-corrected chi connectivity index (χ4v) is 2.81. The van der Waals surface area contributed by atoms with Gasteiger partial charge in [0.2, 0.25) is 0 Å². The number of carbonyl (C=O) groups is 2. The van der Waals surface area contributed by atoms with Crippen molar-refractivity contribution in [2.75, 3.05) is 13.1 Å². The molecule has 1 saturated heterocycles. The Balaban J connectivity index is 1.72. The average Bonchev–Trinajstić information content (AvgIpc) is 3.11. The Kier molecular flexibility index (Phi) is 4.30. The molecule has 3 rings (SSSR count). The number of benzene rings is 1. The van der Waals surface area contributed by atoms with Crippen LogP contribution in [0.5, 0.6) is 0 Å². The summed E-state index contributed by atoms with van der Waals surface area (Å²) in [5.74, 6) is 0.0458. The highest BCUT2D eigenvalue weighted by atomic mass is 16.3. The van der Waals surface area contributed by atoms with E-state index in [1.807, 2.05) is 6.92 Å². The lowest BCUT2D eigenvalue weighted by Gasteiger charge is -2.34. The van der Waals surface area contributed by atoms with Crippen molar-refractivity contribution in [3.8, 4) is 0 Å². The average molecular weight is 312 g/mol. The second-order valence-electron chi connectivity index (χ2n) is 6.09. The van der Waals surface area contributed by atoms with Gasteiger partial charge in [-0.2, -0.15) is 0 Å². The van der Waals surface area contributed by atoms with Gasteiger partial charge in [0.15, 0.2) is 5.78 Å². The largest absolute Gasteiger partial charge is 0.391 e. The zero-order valence-electron chi connectivity index (χ0n) is 13.0. The molecule has 1 fully saturated rings. The maximum Gasteiger partial charge on any atom is 0.253 e. The molecule has 1 aliphatic rings. The molecule has 5 nitrogen and oxygen atoms in total. The molecule has 1 aromatic carbocycles. The molecule has 120 valence electrons. The molecule has 1 aliphatic heterocycles. The Bertz CT molecular complexity index is 692. The number of nitrogens with zero attached hydrogens (tertiary/aromatic N) is 1. The first kappa shape index (κ1) is 15.5. The van der Waals surface area contributed by atoms with Crippen molar-refractivity contribution in [3.63, 3.8) is 0 Å². The topological polar surface area (TPSA) is 73.4 Å². The van der Waals surface area contributed by atoms with Crippen molar-refractivity contribution in [1.82, 2.24) is 9.88 Å². The number of ketones is 1. The quantitative estimate of drug-likeness (QED) is 0.852. The summed E-state index contributed by atoms with van der Waals surface area (Å²) in [6.07, 6.45) is 3.68. The minimum absolute atomic E-state index is 0.0764. The third-order valence-electron chi connectivity index (χ3n) is 4.46. The lowest BCUT2D eigenvalue weighted by Crippen LogP contribution is -2.45. The number of β-amino-alcohol motifs (C(OH)–C–C–N with tert-alkyl or cyclic N) is 1. The fraction of sp³-hybridized carbons (Fsp3) is 0.333. The number of amides is 1. The summed E-state index contributed by atoms with van der Waals surface area (Å²) in [6, 6.07) is 8.41. The second-order valence-corrected chi connectivity index (χ2v) is 6.09. The lowest BCUT2D eigenvalue weighted by atomic mass is 9.95. The molecule has 0 bridgehead atoms. The van der Waals surface area contributed by atoms with E-state index < -0.39 is 6.10 Å². The number of aromatic amines is 1. The number of piperidine rings is 1. The van der Waals surface area contributed by atoms with E-state index in [0.717, 1.165) is 6.42 Å². The molecule has 0 aliphatic carbocycles. The second kappa shape index (κ2) is 6.38. The van der Waals surface area contributed by atoms with E-state index in [4.69, 9.17) is 0 Å². The molecule has 2 atom stereocenters. The van der Waals surface area contributed by atoms with Gasteiger partial charge in [-0.1, -0.05) is 19.1 Å². The molecular weight excluding hydrogens is 292 g/mol. The van der Waals surface area contributed by atoms with Crippen molar-refractivity contribution in [2.24, 2.45) is 5.92 Å². The number of hydrogen-bond acceptors (Lipinski definition) is 3. The summed E-state index contributed by atoms with van der Waals surface area (Å²) in [5, 5.41) is 9.92. The summed E-state index contributed by atoms with van der Waals surface area (Å²) in [4.78, 5) is 29.2. The molecule has 2 aromatic rings. The zero-order valence-corrected chi connectivity index (χ0v) is 13.0. The number of hydrogen-bond donors (Lipinski definition) is 2. The zero-order chi connectivity index (χ0) is 16.4. The summed E-state index contributed by atoms with van der Waals surface area (Å²) < 4.78 is 0. The van der Waals surface area contributed by atoms with Gasteiger partial charge in [0, 0.05) is 42.2 Å². The number of aromatic nitrogens is 1. The number of nitrogens with one attached hydrogen (secondary N) is 1. The highest BCUT2D eigenvalue weighted by Gasteiger charge is 2.27. The third kappa shape index (κ3) is 3.19. The van der Waals surface area contributed by atoms with Crippen LogP contribution in [0.15, 0.2) is 42.7 Å². The van der Waals surface area contributed by atoms with Crippen molar-refractivity contribution in [2.45, 2.75) is 19.4 Å². The molecular formula is C18H20N2O3. The first-order chi connectivity index (χ1) is 11.1. The molecule has 23 heavy (non-hydrogen) atoms. The Hall–Kier alpha value is -2.40. The number of aliphatic hydroxyl groups excluding tert-OH is 1. The predicted molar refractivity (Wildman–Crippen MR) is 86.4 cm³/mol. The Labute approximate surface area is 134 Å². The summed E-state index contributed by atoms with van der Waals surface area (Å²) in [6.45, 7) is 3.01. The highest BCUT2D eigenvalue weighted by Crippen LogP contribution is 2.19. The van der Waals surface area contributed by atoms with Gasteiger partial charge in [0.05, 0.1) is 6.10 Å².